The Hall–Kier alpha value is -3.21. The van der Waals surface area contributed by atoms with Crippen molar-refractivity contribution in [1.82, 2.24) is 15.3 Å². The van der Waals surface area contributed by atoms with Crippen molar-refractivity contribution in [3.63, 3.8) is 0 Å². The lowest BCUT2D eigenvalue weighted by atomic mass is 9.79. The zero-order valence-corrected chi connectivity index (χ0v) is 18.9. The molecule has 1 aromatic heterocycles. The minimum absolute atomic E-state index is 0.0593. The molecule has 0 radical (unpaired) electrons. The second-order valence-corrected chi connectivity index (χ2v) is 8.82. The molecule has 1 aliphatic carbocycles. The van der Waals surface area contributed by atoms with E-state index in [0.29, 0.717) is 34.9 Å². The van der Waals surface area contributed by atoms with Crippen LogP contribution in [0, 0.1) is 0 Å². The minimum Gasteiger partial charge on any atom is -0.488 e. The van der Waals surface area contributed by atoms with E-state index in [4.69, 9.17) is 9.39 Å². The number of carbonyl (C=O) groups is 1. The van der Waals surface area contributed by atoms with Crippen molar-refractivity contribution in [3.05, 3.63) is 48.2 Å². The lowest BCUT2D eigenvalue weighted by Gasteiger charge is -2.26. The number of hydrogen-bond donors (Lipinski definition) is 4. The van der Waals surface area contributed by atoms with Crippen LogP contribution in [0.4, 0.5) is 11.6 Å². The van der Waals surface area contributed by atoms with Crippen molar-refractivity contribution in [1.29, 1.82) is 0 Å². The zero-order valence-electron chi connectivity index (χ0n) is 18.9. The number of amides is 1. The first-order valence-electron chi connectivity index (χ1n) is 11.6. The predicted octanol–water partition coefficient (Wildman–Crippen LogP) is 1.95. The number of para-hydroxylation sites is 1. The third-order valence-electron chi connectivity index (χ3n) is 6.30. The van der Waals surface area contributed by atoms with Crippen LogP contribution in [0.1, 0.15) is 44.3 Å². The standard InChI is InChI=1S/C24H27BN4O5/c1-14(30)26-13-22-19-10-5-16(11-20(19)25(32)34-22)28-24-27-12-15-3-2-4-21(23(15)29-24)33-18-8-6-17(31)7-9-18/h2-5,10-12,17-18,22,31-32H,6-9,13H2,1H3,(H,26,30)(H,27,28,29). The lowest BCUT2D eigenvalue weighted by molar-refractivity contribution is -0.119. The van der Waals surface area contributed by atoms with Gasteiger partial charge in [-0.2, -0.15) is 0 Å². The molecule has 0 saturated heterocycles. The van der Waals surface area contributed by atoms with E-state index < -0.39 is 13.2 Å². The first kappa shape index (κ1) is 22.6. The number of nitrogens with one attached hydrogen (secondary N) is 2. The van der Waals surface area contributed by atoms with Crippen molar-refractivity contribution in [3.8, 4) is 5.75 Å². The van der Waals surface area contributed by atoms with Crippen molar-refractivity contribution in [2.24, 2.45) is 0 Å². The molecule has 10 heteroatoms. The molecule has 1 fully saturated rings. The average molecular weight is 462 g/mol. The Kier molecular flexibility index (Phi) is 6.36. The topological polar surface area (TPSA) is 126 Å². The maximum absolute atomic E-state index is 11.2. The second kappa shape index (κ2) is 9.57. The van der Waals surface area contributed by atoms with E-state index in [1.54, 1.807) is 12.3 Å². The fraction of sp³-hybridized carbons (Fsp3) is 0.375. The van der Waals surface area contributed by atoms with Crippen LogP contribution in [-0.2, 0) is 9.45 Å². The Labute approximate surface area is 197 Å². The summed E-state index contributed by atoms with van der Waals surface area (Å²) in [6, 6.07) is 11.3. The van der Waals surface area contributed by atoms with E-state index in [1.165, 1.54) is 6.92 Å². The summed E-state index contributed by atoms with van der Waals surface area (Å²) >= 11 is 0. The summed E-state index contributed by atoms with van der Waals surface area (Å²) in [6.45, 7) is 1.74. The number of fused-ring (bicyclic) bond motifs is 2. The number of ether oxygens (including phenoxy) is 1. The third-order valence-corrected chi connectivity index (χ3v) is 6.30. The van der Waals surface area contributed by atoms with Gasteiger partial charge < -0.3 is 30.2 Å². The van der Waals surface area contributed by atoms with Crippen molar-refractivity contribution < 1.29 is 24.3 Å². The monoisotopic (exact) mass is 462 g/mol. The van der Waals surface area contributed by atoms with E-state index in [0.717, 1.165) is 36.6 Å². The van der Waals surface area contributed by atoms with E-state index in [9.17, 15) is 14.9 Å². The van der Waals surface area contributed by atoms with Gasteiger partial charge in [0.15, 0.2) is 0 Å². The van der Waals surface area contributed by atoms with Gasteiger partial charge in [0.2, 0.25) is 11.9 Å². The van der Waals surface area contributed by atoms with E-state index in [2.05, 4.69) is 20.6 Å². The van der Waals surface area contributed by atoms with Gasteiger partial charge in [-0.25, -0.2) is 9.97 Å². The molecule has 1 atom stereocenters. The van der Waals surface area contributed by atoms with Gasteiger partial charge in [-0.1, -0.05) is 18.2 Å². The maximum Gasteiger partial charge on any atom is 0.492 e. The summed E-state index contributed by atoms with van der Waals surface area (Å²) in [4.78, 5) is 20.3. The van der Waals surface area contributed by atoms with Gasteiger partial charge in [0, 0.05) is 30.7 Å². The molecular weight excluding hydrogens is 435 g/mol. The molecule has 0 spiro atoms. The van der Waals surface area contributed by atoms with Crippen LogP contribution in [0.2, 0.25) is 0 Å². The number of anilines is 2. The number of aliphatic hydroxyl groups excluding tert-OH is 1. The van der Waals surface area contributed by atoms with Crippen LogP contribution >= 0.6 is 0 Å². The number of nitrogens with zero attached hydrogens (tertiary/aromatic N) is 2. The normalized spacial score (nSPS) is 21.9. The van der Waals surface area contributed by atoms with Crippen LogP contribution < -0.4 is 20.8 Å². The molecule has 2 aromatic carbocycles. The molecule has 1 amide bonds. The van der Waals surface area contributed by atoms with Gasteiger partial charge in [0.1, 0.15) is 11.3 Å². The molecule has 34 heavy (non-hydrogen) atoms. The molecule has 1 unspecified atom stereocenters. The highest BCUT2D eigenvalue weighted by atomic mass is 16.5. The van der Waals surface area contributed by atoms with E-state index in [-0.39, 0.29) is 18.1 Å². The quantitative estimate of drug-likeness (QED) is 0.410. The number of rotatable bonds is 6. The Morgan fingerprint density at radius 2 is 2.06 bits per heavy atom. The first-order chi connectivity index (χ1) is 16.5. The van der Waals surface area contributed by atoms with Crippen molar-refractivity contribution >= 4 is 41.0 Å². The van der Waals surface area contributed by atoms with Gasteiger partial charge in [0.05, 0.1) is 18.3 Å². The third kappa shape index (κ3) is 4.84. The maximum atomic E-state index is 11.2. The zero-order chi connectivity index (χ0) is 23.7. The van der Waals surface area contributed by atoms with Crippen molar-refractivity contribution in [2.45, 2.75) is 50.9 Å². The van der Waals surface area contributed by atoms with E-state index in [1.807, 2.05) is 30.3 Å². The summed E-state index contributed by atoms with van der Waals surface area (Å²) in [5.74, 6) is 0.955. The Bertz CT molecular complexity index is 1200. The first-order valence-corrected chi connectivity index (χ1v) is 11.6. The second-order valence-electron chi connectivity index (χ2n) is 8.82. The highest BCUT2D eigenvalue weighted by Gasteiger charge is 2.35. The Morgan fingerprint density at radius 1 is 1.24 bits per heavy atom. The summed E-state index contributed by atoms with van der Waals surface area (Å²) < 4.78 is 11.8. The van der Waals surface area contributed by atoms with Gasteiger partial charge in [-0.15, -0.1) is 0 Å². The summed E-state index contributed by atoms with van der Waals surface area (Å²) in [5, 5.41) is 26.9. The molecule has 9 nitrogen and oxygen atoms in total. The van der Waals surface area contributed by atoms with E-state index >= 15 is 0 Å². The molecular formula is C24H27BN4O5. The van der Waals surface area contributed by atoms with Crippen LogP contribution in [0.3, 0.4) is 0 Å². The molecule has 176 valence electrons. The molecule has 5 rings (SSSR count). The molecule has 0 bridgehead atoms. The molecule has 4 N–H and O–H groups in total. The fourth-order valence-corrected chi connectivity index (χ4v) is 4.51. The lowest BCUT2D eigenvalue weighted by Crippen LogP contribution is -2.29. The fourth-order valence-electron chi connectivity index (χ4n) is 4.51. The molecule has 2 heterocycles. The number of aromatic nitrogens is 2. The summed E-state index contributed by atoms with van der Waals surface area (Å²) in [7, 11) is -1.07. The van der Waals surface area contributed by atoms with Crippen molar-refractivity contribution in [2.75, 3.05) is 11.9 Å². The predicted molar refractivity (Wildman–Crippen MR) is 128 cm³/mol. The minimum atomic E-state index is -1.07. The smallest absolute Gasteiger partial charge is 0.488 e. The SMILES string of the molecule is CC(=O)NCC1OB(O)c2cc(Nc3ncc4cccc(OC5CCC(O)CC5)c4n3)ccc21. The number of carbonyl (C=O) groups excluding carboxylic acids is 1. The molecule has 2 aliphatic rings. The van der Waals surface area contributed by atoms with Gasteiger partial charge in [-0.05, 0) is 54.9 Å². The summed E-state index contributed by atoms with van der Waals surface area (Å²) in [5.41, 5.74) is 2.90. The largest absolute Gasteiger partial charge is 0.492 e. The van der Waals surface area contributed by atoms with Gasteiger partial charge in [0.25, 0.3) is 0 Å². The average Bonchev–Trinajstić information content (AvgIpc) is 3.14. The Morgan fingerprint density at radius 3 is 2.85 bits per heavy atom. The van der Waals surface area contributed by atoms with Gasteiger partial charge in [-0.3, -0.25) is 4.79 Å². The highest BCUT2D eigenvalue weighted by molar-refractivity contribution is 6.61. The van der Waals surface area contributed by atoms with Crippen LogP contribution in [0.25, 0.3) is 10.9 Å². The van der Waals surface area contributed by atoms with Crippen LogP contribution in [0.5, 0.6) is 5.75 Å². The number of aliphatic hydroxyl groups is 1. The highest BCUT2D eigenvalue weighted by Crippen LogP contribution is 2.30. The van der Waals surface area contributed by atoms with Crippen LogP contribution in [0.15, 0.2) is 42.6 Å². The number of hydrogen-bond acceptors (Lipinski definition) is 8. The Balaban J connectivity index is 1.35. The van der Waals surface area contributed by atoms with Crippen LogP contribution in [-0.4, -0.2) is 51.9 Å². The molecule has 3 aromatic rings. The molecule has 1 aliphatic heterocycles. The number of benzene rings is 2. The molecule has 1 saturated carbocycles. The summed E-state index contributed by atoms with van der Waals surface area (Å²) in [6.07, 6.45) is 4.29. The van der Waals surface area contributed by atoms with Gasteiger partial charge >= 0.3 is 7.12 Å².